The zero-order chi connectivity index (χ0) is 13.8. The van der Waals surface area contributed by atoms with Crippen LogP contribution in [0.2, 0.25) is 10.0 Å². The van der Waals surface area contributed by atoms with Crippen molar-refractivity contribution < 1.29 is 5.11 Å². The topological polar surface area (TPSA) is 59.1 Å². The summed E-state index contributed by atoms with van der Waals surface area (Å²) in [7, 11) is 0. The van der Waals surface area contributed by atoms with E-state index < -0.39 is 6.10 Å². The van der Waals surface area contributed by atoms with Crippen molar-refractivity contribution in [2.75, 3.05) is 6.54 Å². The van der Waals surface area contributed by atoms with Crippen molar-refractivity contribution >= 4 is 23.2 Å². The number of aliphatic hydroxyl groups is 1. The average molecular weight is 297 g/mol. The van der Waals surface area contributed by atoms with Gasteiger partial charge in [-0.3, -0.25) is 4.98 Å². The van der Waals surface area contributed by atoms with Crippen molar-refractivity contribution in [1.82, 2.24) is 4.98 Å². The van der Waals surface area contributed by atoms with E-state index >= 15 is 0 Å². The standard InChI is InChI=1S/C14H14Cl2N2O/c15-11-2-1-3-12(16)13(11)14(19)10(8-17)9-4-6-18-7-5-9/h1-7,10,14,19H,8,17H2. The number of nitrogens with two attached hydrogens (primary N) is 1. The summed E-state index contributed by atoms with van der Waals surface area (Å²) in [4.78, 5) is 3.95. The van der Waals surface area contributed by atoms with E-state index in [1.165, 1.54) is 0 Å². The second-order valence-corrected chi connectivity index (χ2v) is 5.02. The van der Waals surface area contributed by atoms with Crippen LogP contribution in [0.1, 0.15) is 23.1 Å². The number of hydrogen-bond acceptors (Lipinski definition) is 3. The number of aliphatic hydroxyl groups excluding tert-OH is 1. The lowest BCUT2D eigenvalue weighted by Crippen LogP contribution is -2.20. The van der Waals surface area contributed by atoms with Gasteiger partial charge in [0.15, 0.2) is 0 Å². The highest BCUT2D eigenvalue weighted by atomic mass is 35.5. The maximum absolute atomic E-state index is 10.5. The van der Waals surface area contributed by atoms with Crippen LogP contribution >= 0.6 is 23.2 Å². The molecule has 0 aliphatic carbocycles. The molecular weight excluding hydrogens is 283 g/mol. The Labute approximate surface area is 122 Å². The minimum absolute atomic E-state index is 0.277. The fraction of sp³-hybridized carbons (Fsp3) is 0.214. The van der Waals surface area contributed by atoms with Gasteiger partial charge in [-0.05, 0) is 29.8 Å². The quantitative estimate of drug-likeness (QED) is 0.911. The van der Waals surface area contributed by atoms with E-state index in [-0.39, 0.29) is 12.5 Å². The van der Waals surface area contributed by atoms with Gasteiger partial charge >= 0.3 is 0 Å². The zero-order valence-electron chi connectivity index (χ0n) is 10.1. The molecule has 0 spiro atoms. The molecule has 1 heterocycles. The highest BCUT2D eigenvalue weighted by Crippen LogP contribution is 2.37. The van der Waals surface area contributed by atoms with Gasteiger partial charge in [-0.2, -0.15) is 0 Å². The first-order valence-corrected chi connectivity index (χ1v) is 6.62. The number of pyridine rings is 1. The molecule has 19 heavy (non-hydrogen) atoms. The predicted molar refractivity (Wildman–Crippen MR) is 77.5 cm³/mol. The third-order valence-corrected chi connectivity index (χ3v) is 3.72. The Morgan fingerprint density at radius 3 is 2.21 bits per heavy atom. The molecule has 5 heteroatoms. The third kappa shape index (κ3) is 3.07. The van der Waals surface area contributed by atoms with E-state index in [9.17, 15) is 5.11 Å². The van der Waals surface area contributed by atoms with Gasteiger partial charge in [-0.1, -0.05) is 29.3 Å². The molecule has 2 aromatic rings. The highest BCUT2D eigenvalue weighted by Gasteiger charge is 2.25. The van der Waals surface area contributed by atoms with Crippen molar-refractivity contribution in [2.24, 2.45) is 5.73 Å². The second-order valence-electron chi connectivity index (χ2n) is 4.20. The molecule has 2 atom stereocenters. The predicted octanol–water partition coefficient (Wildman–Crippen LogP) is 3.16. The minimum Gasteiger partial charge on any atom is -0.388 e. The molecule has 100 valence electrons. The lowest BCUT2D eigenvalue weighted by Gasteiger charge is -2.23. The van der Waals surface area contributed by atoms with E-state index in [1.54, 1.807) is 30.6 Å². The molecule has 1 aromatic heterocycles. The number of nitrogens with zero attached hydrogens (tertiary/aromatic N) is 1. The molecule has 2 rings (SSSR count). The summed E-state index contributed by atoms with van der Waals surface area (Å²) < 4.78 is 0. The smallest absolute Gasteiger partial charge is 0.0899 e. The summed E-state index contributed by atoms with van der Waals surface area (Å²) in [6, 6.07) is 8.79. The maximum atomic E-state index is 10.5. The van der Waals surface area contributed by atoms with E-state index in [0.29, 0.717) is 15.6 Å². The largest absolute Gasteiger partial charge is 0.388 e. The molecule has 3 N–H and O–H groups in total. The summed E-state index contributed by atoms with van der Waals surface area (Å²) in [5.41, 5.74) is 7.19. The number of hydrogen-bond donors (Lipinski definition) is 2. The van der Waals surface area contributed by atoms with Gasteiger partial charge < -0.3 is 10.8 Å². The van der Waals surface area contributed by atoms with Crippen LogP contribution in [0, 0.1) is 0 Å². The van der Waals surface area contributed by atoms with Gasteiger partial charge in [0.1, 0.15) is 0 Å². The summed E-state index contributed by atoms with van der Waals surface area (Å²) in [6.07, 6.45) is 2.48. The van der Waals surface area contributed by atoms with Crippen LogP contribution in [0.3, 0.4) is 0 Å². The lowest BCUT2D eigenvalue weighted by atomic mass is 9.90. The number of benzene rings is 1. The second kappa shape index (κ2) is 6.35. The first kappa shape index (κ1) is 14.3. The van der Waals surface area contributed by atoms with Crippen LogP contribution in [-0.2, 0) is 0 Å². The Hall–Kier alpha value is -1.13. The highest BCUT2D eigenvalue weighted by molar-refractivity contribution is 6.36. The van der Waals surface area contributed by atoms with E-state index in [1.807, 2.05) is 12.1 Å². The molecule has 0 saturated heterocycles. The van der Waals surface area contributed by atoms with Crippen molar-refractivity contribution in [3.63, 3.8) is 0 Å². The normalized spacial score (nSPS) is 14.1. The fourth-order valence-electron chi connectivity index (χ4n) is 2.05. The van der Waals surface area contributed by atoms with Gasteiger partial charge in [-0.25, -0.2) is 0 Å². The molecule has 0 fully saturated rings. The van der Waals surface area contributed by atoms with E-state index in [2.05, 4.69) is 4.98 Å². The monoisotopic (exact) mass is 296 g/mol. The Bertz CT molecular complexity index is 528. The van der Waals surface area contributed by atoms with Crippen LogP contribution < -0.4 is 5.73 Å². The van der Waals surface area contributed by atoms with Gasteiger partial charge in [0.25, 0.3) is 0 Å². The molecular formula is C14H14Cl2N2O. The van der Waals surface area contributed by atoms with Crippen molar-refractivity contribution in [3.05, 3.63) is 63.9 Å². The van der Waals surface area contributed by atoms with E-state index in [0.717, 1.165) is 5.56 Å². The minimum atomic E-state index is -0.853. The average Bonchev–Trinajstić information content (AvgIpc) is 2.40. The summed E-state index contributed by atoms with van der Waals surface area (Å²) in [6.45, 7) is 0.284. The van der Waals surface area contributed by atoms with Gasteiger partial charge in [0, 0.05) is 40.5 Å². The maximum Gasteiger partial charge on any atom is 0.0899 e. The molecule has 2 unspecified atom stereocenters. The number of aromatic nitrogens is 1. The number of halogens is 2. The van der Waals surface area contributed by atoms with Crippen LogP contribution in [0.5, 0.6) is 0 Å². The van der Waals surface area contributed by atoms with Crippen molar-refractivity contribution in [3.8, 4) is 0 Å². The summed E-state index contributed by atoms with van der Waals surface area (Å²) in [5, 5.41) is 11.4. The van der Waals surface area contributed by atoms with Gasteiger partial charge in [-0.15, -0.1) is 0 Å². The first-order valence-electron chi connectivity index (χ1n) is 5.87. The Kier molecular flexibility index (Phi) is 4.77. The van der Waals surface area contributed by atoms with Gasteiger partial charge in [0.05, 0.1) is 6.10 Å². The summed E-state index contributed by atoms with van der Waals surface area (Å²) in [5.74, 6) is -0.277. The third-order valence-electron chi connectivity index (χ3n) is 3.06. The Morgan fingerprint density at radius 2 is 1.68 bits per heavy atom. The molecule has 0 radical (unpaired) electrons. The number of rotatable bonds is 4. The Balaban J connectivity index is 2.39. The lowest BCUT2D eigenvalue weighted by molar-refractivity contribution is 0.147. The SMILES string of the molecule is NCC(c1ccncc1)C(O)c1c(Cl)cccc1Cl. The fourth-order valence-corrected chi connectivity index (χ4v) is 2.67. The van der Waals surface area contributed by atoms with E-state index in [4.69, 9.17) is 28.9 Å². The molecule has 0 aliphatic heterocycles. The summed E-state index contributed by atoms with van der Waals surface area (Å²) >= 11 is 12.2. The molecule has 0 bridgehead atoms. The van der Waals surface area contributed by atoms with Gasteiger partial charge in [0.2, 0.25) is 0 Å². The van der Waals surface area contributed by atoms with Crippen LogP contribution in [0.25, 0.3) is 0 Å². The molecule has 3 nitrogen and oxygen atoms in total. The van der Waals surface area contributed by atoms with Crippen LogP contribution in [0.15, 0.2) is 42.7 Å². The van der Waals surface area contributed by atoms with Crippen LogP contribution in [0.4, 0.5) is 0 Å². The Morgan fingerprint density at radius 1 is 1.11 bits per heavy atom. The zero-order valence-corrected chi connectivity index (χ0v) is 11.6. The molecule has 0 aliphatic rings. The van der Waals surface area contributed by atoms with Crippen LogP contribution in [-0.4, -0.2) is 16.6 Å². The first-order chi connectivity index (χ1) is 9.15. The van der Waals surface area contributed by atoms with Crippen molar-refractivity contribution in [2.45, 2.75) is 12.0 Å². The molecule has 0 amide bonds. The van der Waals surface area contributed by atoms with Crippen molar-refractivity contribution in [1.29, 1.82) is 0 Å². The molecule has 1 aromatic carbocycles. The molecule has 0 saturated carbocycles.